The molecule has 14 heteroatoms. The van der Waals surface area contributed by atoms with Gasteiger partial charge in [-0.3, -0.25) is 9.52 Å². The molecule has 186 valence electrons. The number of aromatic nitrogens is 2. The topological polar surface area (TPSA) is 157 Å². The van der Waals surface area contributed by atoms with Crippen molar-refractivity contribution < 1.29 is 31.1 Å². The Labute approximate surface area is 203 Å². The van der Waals surface area contributed by atoms with Crippen LogP contribution in [0.5, 0.6) is 11.9 Å². The minimum absolute atomic E-state index is 0.0502. The van der Waals surface area contributed by atoms with Gasteiger partial charge in [0, 0.05) is 31.4 Å². The molecular weight excluding hydrogens is 498 g/mol. The Kier molecular flexibility index (Phi) is 7.57. The highest BCUT2D eigenvalue weighted by Crippen LogP contribution is 2.22. The van der Waals surface area contributed by atoms with E-state index in [1.807, 2.05) is 0 Å². The molecule has 0 saturated heterocycles. The number of amides is 1. The van der Waals surface area contributed by atoms with Crippen LogP contribution in [0, 0.1) is 0 Å². The number of sulfonamides is 2. The molecule has 0 spiro atoms. The summed E-state index contributed by atoms with van der Waals surface area (Å²) in [6.45, 7) is 0. The molecule has 3 rings (SSSR count). The zero-order valence-electron chi connectivity index (χ0n) is 19.2. The SMILES string of the molecule is COc1cc(NS(=O)(=O)c2ccc(NC(=O)c3ccc(S(=O)(=O)N(C)C)cc3)cc2)nc(OC)n1. The molecule has 0 bridgehead atoms. The fourth-order valence-electron chi connectivity index (χ4n) is 2.76. The van der Waals surface area contributed by atoms with Crippen molar-refractivity contribution in [2.45, 2.75) is 9.79 Å². The third-order valence-corrected chi connectivity index (χ3v) is 7.83. The Bertz CT molecular complexity index is 1400. The summed E-state index contributed by atoms with van der Waals surface area (Å²) in [5.41, 5.74) is 0.567. The molecule has 12 nitrogen and oxygen atoms in total. The highest BCUT2D eigenvalue weighted by Gasteiger charge is 2.19. The Morgan fingerprint density at radius 1 is 0.857 bits per heavy atom. The van der Waals surface area contributed by atoms with Crippen molar-refractivity contribution in [3.63, 3.8) is 0 Å². The Balaban J connectivity index is 1.72. The van der Waals surface area contributed by atoms with Crippen LogP contribution < -0.4 is 19.5 Å². The molecule has 1 amide bonds. The van der Waals surface area contributed by atoms with Crippen molar-refractivity contribution in [2.75, 3.05) is 38.4 Å². The minimum Gasteiger partial charge on any atom is -0.481 e. The van der Waals surface area contributed by atoms with E-state index in [0.717, 1.165) is 4.31 Å². The van der Waals surface area contributed by atoms with E-state index in [1.165, 1.54) is 82.9 Å². The summed E-state index contributed by atoms with van der Waals surface area (Å²) in [5, 5.41) is 2.63. The van der Waals surface area contributed by atoms with E-state index in [9.17, 15) is 21.6 Å². The van der Waals surface area contributed by atoms with Gasteiger partial charge in [-0.25, -0.2) is 21.1 Å². The number of hydrogen-bond donors (Lipinski definition) is 2. The number of nitrogens with zero attached hydrogens (tertiary/aromatic N) is 3. The van der Waals surface area contributed by atoms with Gasteiger partial charge in [-0.15, -0.1) is 0 Å². The lowest BCUT2D eigenvalue weighted by Crippen LogP contribution is -2.22. The lowest BCUT2D eigenvalue weighted by molar-refractivity contribution is 0.102. The number of ether oxygens (including phenoxy) is 2. The van der Waals surface area contributed by atoms with Crippen molar-refractivity contribution >= 4 is 37.5 Å². The standard InChI is InChI=1S/C21H23N5O7S2/c1-26(2)35(30,31)17-9-5-14(6-10-17)20(27)22-15-7-11-16(12-8-15)34(28,29)25-18-13-19(32-3)24-21(23-18)33-4/h5-13H,1-4H3,(H,22,27)(H,23,24,25). The molecule has 0 aliphatic carbocycles. The molecule has 1 heterocycles. The molecule has 0 aliphatic rings. The van der Waals surface area contributed by atoms with Gasteiger partial charge in [0.1, 0.15) is 0 Å². The first kappa shape index (κ1) is 25.9. The van der Waals surface area contributed by atoms with Crippen LogP contribution in [-0.2, 0) is 20.0 Å². The smallest absolute Gasteiger partial charge is 0.321 e. The summed E-state index contributed by atoms with van der Waals surface area (Å²) < 4.78 is 63.1. The summed E-state index contributed by atoms with van der Waals surface area (Å²) in [7, 11) is -2.09. The Hall–Kier alpha value is -3.75. The van der Waals surface area contributed by atoms with E-state index in [-0.39, 0.29) is 33.1 Å². The fraction of sp³-hybridized carbons (Fsp3) is 0.190. The largest absolute Gasteiger partial charge is 0.481 e. The maximum atomic E-state index is 12.7. The van der Waals surface area contributed by atoms with Crippen LogP contribution in [0.4, 0.5) is 11.5 Å². The molecule has 0 fully saturated rings. The van der Waals surface area contributed by atoms with Gasteiger partial charge in [-0.1, -0.05) is 0 Å². The van der Waals surface area contributed by atoms with E-state index in [2.05, 4.69) is 20.0 Å². The number of hydrogen-bond acceptors (Lipinski definition) is 9. The summed E-state index contributed by atoms with van der Waals surface area (Å²) in [5.74, 6) is -0.432. The van der Waals surface area contributed by atoms with E-state index in [4.69, 9.17) is 9.47 Å². The van der Waals surface area contributed by atoms with E-state index in [0.29, 0.717) is 5.69 Å². The van der Waals surface area contributed by atoms with E-state index in [1.54, 1.807) is 0 Å². The number of benzene rings is 2. The van der Waals surface area contributed by atoms with E-state index < -0.39 is 26.0 Å². The van der Waals surface area contributed by atoms with Crippen LogP contribution in [0.1, 0.15) is 10.4 Å². The second kappa shape index (κ2) is 10.2. The van der Waals surface area contributed by atoms with Crippen LogP contribution >= 0.6 is 0 Å². The van der Waals surface area contributed by atoms with Gasteiger partial charge >= 0.3 is 6.01 Å². The average molecular weight is 522 g/mol. The second-order valence-electron chi connectivity index (χ2n) is 7.18. The van der Waals surface area contributed by atoms with Crippen molar-refractivity contribution in [2.24, 2.45) is 0 Å². The third kappa shape index (κ3) is 6.03. The molecule has 35 heavy (non-hydrogen) atoms. The summed E-state index contributed by atoms with van der Waals surface area (Å²) in [6.07, 6.45) is 0. The lowest BCUT2D eigenvalue weighted by Gasteiger charge is -2.12. The zero-order valence-corrected chi connectivity index (χ0v) is 20.8. The van der Waals surface area contributed by atoms with Crippen LogP contribution in [0.2, 0.25) is 0 Å². The van der Waals surface area contributed by atoms with Gasteiger partial charge in [0.2, 0.25) is 15.9 Å². The first-order valence-corrected chi connectivity index (χ1v) is 12.8. The van der Waals surface area contributed by atoms with Crippen LogP contribution in [-0.4, -0.2) is 65.3 Å². The first-order chi connectivity index (χ1) is 16.5. The van der Waals surface area contributed by atoms with Crippen molar-refractivity contribution in [3.8, 4) is 11.9 Å². The minimum atomic E-state index is -4.01. The highest BCUT2D eigenvalue weighted by atomic mass is 32.2. The molecule has 0 unspecified atom stereocenters. The molecule has 0 atom stereocenters. The lowest BCUT2D eigenvalue weighted by atomic mass is 10.2. The predicted octanol–water partition coefficient (Wildman–Crippen LogP) is 1.80. The van der Waals surface area contributed by atoms with E-state index >= 15 is 0 Å². The monoisotopic (exact) mass is 521 g/mol. The van der Waals surface area contributed by atoms with Crippen LogP contribution in [0.25, 0.3) is 0 Å². The number of nitrogens with one attached hydrogen (secondary N) is 2. The summed E-state index contributed by atoms with van der Waals surface area (Å²) in [4.78, 5) is 20.3. The van der Waals surface area contributed by atoms with Crippen molar-refractivity contribution in [1.82, 2.24) is 14.3 Å². The highest BCUT2D eigenvalue weighted by molar-refractivity contribution is 7.92. The van der Waals surface area contributed by atoms with Gasteiger partial charge in [0.25, 0.3) is 15.9 Å². The molecule has 2 aromatic carbocycles. The fourth-order valence-corrected chi connectivity index (χ4v) is 4.65. The number of anilines is 2. The predicted molar refractivity (Wildman–Crippen MR) is 128 cm³/mol. The molecule has 0 saturated carbocycles. The summed E-state index contributed by atoms with van der Waals surface area (Å²) >= 11 is 0. The molecule has 0 radical (unpaired) electrons. The maximum absolute atomic E-state index is 12.7. The van der Waals surface area contributed by atoms with Crippen LogP contribution in [0.3, 0.4) is 0 Å². The molecule has 2 N–H and O–H groups in total. The Morgan fingerprint density at radius 3 is 2.00 bits per heavy atom. The summed E-state index contributed by atoms with van der Waals surface area (Å²) in [6, 6.07) is 12.1. The number of carbonyl (C=O) groups excluding carboxylic acids is 1. The first-order valence-electron chi connectivity index (χ1n) is 9.90. The van der Waals surface area contributed by atoms with Crippen molar-refractivity contribution in [1.29, 1.82) is 0 Å². The van der Waals surface area contributed by atoms with Gasteiger partial charge in [0.05, 0.1) is 24.0 Å². The maximum Gasteiger partial charge on any atom is 0.321 e. The molecule has 0 aliphatic heterocycles. The normalized spacial score (nSPS) is 11.7. The van der Waals surface area contributed by atoms with Gasteiger partial charge in [-0.2, -0.15) is 9.97 Å². The van der Waals surface area contributed by atoms with Gasteiger partial charge in [0.15, 0.2) is 5.82 Å². The Morgan fingerprint density at radius 2 is 1.46 bits per heavy atom. The number of methoxy groups -OCH3 is 2. The van der Waals surface area contributed by atoms with Crippen molar-refractivity contribution in [3.05, 3.63) is 60.2 Å². The van der Waals surface area contributed by atoms with Gasteiger partial charge in [-0.05, 0) is 48.5 Å². The average Bonchev–Trinajstić information content (AvgIpc) is 2.83. The number of rotatable bonds is 9. The second-order valence-corrected chi connectivity index (χ2v) is 11.0. The quantitative estimate of drug-likeness (QED) is 0.428. The molecule has 1 aromatic heterocycles. The third-order valence-electron chi connectivity index (χ3n) is 4.63. The van der Waals surface area contributed by atoms with Crippen LogP contribution in [0.15, 0.2) is 64.4 Å². The molecular formula is C21H23N5O7S2. The number of carbonyl (C=O) groups is 1. The zero-order chi connectivity index (χ0) is 25.8. The molecule has 3 aromatic rings. The van der Waals surface area contributed by atoms with Gasteiger partial charge < -0.3 is 14.8 Å².